The number of pyridine rings is 1. The molecule has 0 aliphatic carbocycles. The zero-order chi connectivity index (χ0) is 12.7. The molecule has 0 amide bonds. The summed E-state index contributed by atoms with van der Waals surface area (Å²) in [6.07, 6.45) is 6.96. The van der Waals surface area contributed by atoms with Crippen LogP contribution in [0.25, 0.3) is 0 Å². The lowest BCUT2D eigenvalue weighted by Crippen LogP contribution is -2.22. The summed E-state index contributed by atoms with van der Waals surface area (Å²) in [5.74, 6) is 0. The van der Waals surface area contributed by atoms with Crippen LogP contribution in [0.3, 0.4) is 0 Å². The van der Waals surface area contributed by atoms with Crippen molar-refractivity contribution in [2.75, 3.05) is 6.54 Å². The Morgan fingerprint density at radius 2 is 2.18 bits per heavy atom. The minimum atomic E-state index is 0.380. The summed E-state index contributed by atoms with van der Waals surface area (Å²) in [6.45, 7) is 11.6. The van der Waals surface area contributed by atoms with Gasteiger partial charge in [-0.15, -0.1) is 0 Å². The van der Waals surface area contributed by atoms with Gasteiger partial charge >= 0.3 is 0 Å². The molecule has 1 atom stereocenters. The average Bonchev–Trinajstić information content (AvgIpc) is 2.38. The molecule has 1 unspecified atom stereocenters. The second-order valence-corrected chi connectivity index (χ2v) is 4.35. The summed E-state index contributed by atoms with van der Waals surface area (Å²) < 4.78 is 0. The van der Waals surface area contributed by atoms with Crippen molar-refractivity contribution in [3.05, 3.63) is 41.7 Å². The van der Waals surface area contributed by atoms with Gasteiger partial charge in [0.05, 0.1) is 0 Å². The molecule has 0 fully saturated rings. The van der Waals surface area contributed by atoms with Crippen LogP contribution in [0.1, 0.15) is 50.8 Å². The summed E-state index contributed by atoms with van der Waals surface area (Å²) in [5, 5.41) is 3.55. The molecule has 2 heteroatoms. The normalized spacial score (nSPS) is 12.4. The number of nitrogens with zero attached hydrogens (tertiary/aromatic N) is 1. The first-order chi connectivity index (χ1) is 8.22. The predicted octanol–water partition coefficient (Wildman–Crippen LogP) is 3.65. The standard InChI is InChI=1S/C15H24N2/c1-5-12(4)10-15(17-7-3)14-8-9-16-11-13(14)6-2/h8-9,11,15,17H,4-7,10H2,1-3H3. The van der Waals surface area contributed by atoms with Gasteiger partial charge in [-0.3, -0.25) is 4.98 Å². The largest absolute Gasteiger partial charge is 0.310 e. The molecule has 1 rings (SSSR count). The van der Waals surface area contributed by atoms with E-state index in [1.54, 1.807) is 0 Å². The van der Waals surface area contributed by atoms with Gasteiger partial charge in [0.25, 0.3) is 0 Å². The molecule has 1 heterocycles. The van der Waals surface area contributed by atoms with Crippen molar-refractivity contribution in [1.29, 1.82) is 0 Å². The molecule has 0 saturated heterocycles. The van der Waals surface area contributed by atoms with Gasteiger partial charge in [0.1, 0.15) is 0 Å². The van der Waals surface area contributed by atoms with Crippen LogP contribution in [0.4, 0.5) is 0 Å². The van der Waals surface area contributed by atoms with E-state index >= 15 is 0 Å². The van der Waals surface area contributed by atoms with Crippen LogP contribution in [0, 0.1) is 0 Å². The minimum absolute atomic E-state index is 0.380. The van der Waals surface area contributed by atoms with Gasteiger partial charge < -0.3 is 5.32 Å². The van der Waals surface area contributed by atoms with Gasteiger partial charge in [0.2, 0.25) is 0 Å². The zero-order valence-electron chi connectivity index (χ0n) is 11.3. The van der Waals surface area contributed by atoms with Gasteiger partial charge in [0, 0.05) is 18.4 Å². The number of aromatic nitrogens is 1. The van der Waals surface area contributed by atoms with Crippen LogP contribution in [-0.4, -0.2) is 11.5 Å². The second kappa shape index (κ2) is 7.23. The van der Waals surface area contributed by atoms with Gasteiger partial charge in [-0.25, -0.2) is 0 Å². The maximum Gasteiger partial charge on any atom is 0.0361 e. The van der Waals surface area contributed by atoms with Crippen molar-refractivity contribution in [2.24, 2.45) is 0 Å². The number of nitrogens with one attached hydrogen (secondary N) is 1. The molecule has 0 radical (unpaired) electrons. The molecule has 0 bridgehead atoms. The lowest BCUT2D eigenvalue weighted by Gasteiger charge is -2.21. The van der Waals surface area contributed by atoms with Gasteiger partial charge in [-0.1, -0.05) is 32.9 Å². The molecule has 0 aliphatic rings. The molecule has 0 aliphatic heterocycles. The number of rotatable bonds is 7. The van der Waals surface area contributed by atoms with Crippen LogP contribution in [-0.2, 0) is 6.42 Å². The molecule has 2 nitrogen and oxygen atoms in total. The fourth-order valence-electron chi connectivity index (χ4n) is 2.04. The average molecular weight is 232 g/mol. The van der Waals surface area contributed by atoms with Crippen LogP contribution in [0.15, 0.2) is 30.6 Å². The second-order valence-electron chi connectivity index (χ2n) is 4.35. The highest BCUT2D eigenvalue weighted by atomic mass is 14.9. The smallest absolute Gasteiger partial charge is 0.0361 e. The Morgan fingerprint density at radius 3 is 2.76 bits per heavy atom. The van der Waals surface area contributed by atoms with E-state index in [1.807, 2.05) is 12.4 Å². The quantitative estimate of drug-likeness (QED) is 0.726. The maximum absolute atomic E-state index is 4.21. The van der Waals surface area contributed by atoms with Crippen molar-refractivity contribution in [3.63, 3.8) is 0 Å². The van der Waals surface area contributed by atoms with E-state index in [0.29, 0.717) is 6.04 Å². The number of hydrogen-bond donors (Lipinski definition) is 1. The first-order valence-corrected chi connectivity index (χ1v) is 6.55. The highest BCUT2D eigenvalue weighted by molar-refractivity contribution is 5.28. The van der Waals surface area contributed by atoms with Crippen molar-refractivity contribution in [3.8, 4) is 0 Å². The van der Waals surface area contributed by atoms with Crippen molar-refractivity contribution in [1.82, 2.24) is 10.3 Å². The molecular formula is C15H24N2. The third-order valence-electron chi connectivity index (χ3n) is 3.14. The SMILES string of the molecule is C=C(CC)CC(NCC)c1ccncc1CC. The van der Waals surface area contributed by atoms with E-state index in [4.69, 9.17) is 0 Å². The first-order valence-electron chi connectivity index (χ1n) is 6.55. The first kappa shape index (κ1) is 13.9. The summed E-state index contributed by atoms with van der Waals surface area (Å²) in [7, 11) is 0. The van der Waals surface area contributed by atoms with Crippen LogP contribution < -0.4 is 5.32 Å². The van der Waals surface area contributed by atoms with E-state index in [1.165, 1.54) is 16.7 Å². The van der Waals surface area contributed by atoms with E-state index < -0.39 is 0 Å². The molecular weight excluding hydrogens is 208 g/mol. The Bertz CT molecular complexity index is 358. The van der Waals surface area contributed by atoms with Gasteiger partial charge in [0.15, 0.2) is 0 Å². The van der Waals surface area contributed by atoms with Crippen molar-refractivity contribution >= 4 is 0 Å². The Kier molecular flexibility index (Phi) is 5.92. The fraction of sp³-hybridized carbons (Fsp3) is 0.533. The number of hydrogen-bond acceptors (Lipinski definition) is 2. The van der Waals surface area contributed by atoms with E-state index in [-0.39, 0.29) is 0 Å². The molecule has 1 aromatic heterocycles. The van der Waals surface area contributed by atoms with Gasteiger partial charge in [-0.05, 0) is 43.0 Å². The predicted molar refractivity (Wildman–Crippen MR) is 74.1 cm³/mol. The molecule has 0 saturated carbocycles. The van der Waals surface area contributed by atoms with E-state index in [2.05, 4.69) is 43.7 Å². The third kappa shape index (κ3) is 3.97. The molecule has 0 aromatic carbocycles. The lowest BCUT2D eigenvalue weighted by molar-refractivity contribution is 0.538. The van der Waals surface area contributed by atoms with Crippen LogP contribution in [0.5, 0.6) is 0 Å². The Morgan fingerprint density at radius 1 is 1.41 bits per heavy atom. The molecule has 1 N–H and O–H groups in total. The maximum atomic E-state index is 4.21. The van der Waals surface area contributed by atoms with Gasteiger partial charge in [-0.2, -0.15) is 0 Å². The van der Waals surface area contributed by atoms with Crippen LogP contribution in [0.2, 0.25) is 0 Å². The molecule has 0 spiro atoms. The molecule has 17 heavy (non-hydrogen) atoms. The fourth-order valence-corrected chi connectivity index (χ4v) is 2.04. The van der Waals surface area contributed by atoms with E-state index in [0.717, 1.165) is 25.8 Å². The molecule has 1 aromatic rings. The highest BCUT2D eigenvalue weighted by Gasteiger charge is 2.14. The summed E-state index contributed by atoms with van der Waals surface area (Å²) in [4.78, 5) is 4.21. The van der Waals surface area contributed by atoms with E-state index in [9.17, 15) is 0 Å². The Labute approximate surface area is 105 Å². The monoisotopic (exact) mass is 232 g/mol. The third-order valence-corrected chi connectivity index (χ3v) is 3.14. The summed E-state index contributed by atoms with van der Waals surface area (Å²) in [6, 6.07) is 2.51. The highest BCUT2D eigenvalue weighted by Crippen LogP contribution is 2.24. The van der Waals surface area contributed by atoms with Crippen LogP contribution >= 0.6 is 0 Å². The Balaban J connectivity index is 2.91. The summed E-state index contributed by atoms with van der Waals surface area (Å²) >= 11 is 0. The lowest BCUT2D eigenvalue weighted by atomic mass is 9.95. The number of aryl methyl sites for hydroxylation is 1. The molecule has 94 valence electrons. The van der Waals surface area contributed by atoms with Crippen molar-refractivity contribution in [2.45, 2.75) is 46.1 Å². The Hall–Kier alpha value is -1.15. The minimum Gasteiger partial charge on any atom is -0.310 e. The summed E-state index contributed by atoms with van der Waals surface area (Å²) in [5.41, 5.74) is 4.01. The van der Waals surface area contributed by atoms with Crippen molar-refractivity contribution < 1.29 is 0 Å². The topological polar surface area (TPSA) is 24.9 Å². The zero-order valence-corrected chi connectivity index (χ0v) is 11.3.